The molecule has 3 aliphatic rings. The summed E-state index contributed by atoms with van der Waals surface area (Å²) >= 11 is 0. The van der Waals surface area contributed by atoms with E-state index >= 15 is 0 Å². The third-order valence-electron chi connectivity index (χ3n) is 5.35. The predicted molar refractivity (Wildman–Crippen MR) is 69.4 cm³/mol. The van der Waals surface area contributed by atoms with E-state index < -0.39 is 17.0 Å². The van der Waals surface area contributed by atoms with E-state index in [0.29, 0.717) is 32.4 Å². The molecule has 0 spiro atoms. The highest BCUT2D eigenvalue weighted by Gasteiger charge is 2.62. The van der Waals surface area contributed by atoms with Crippen molar-refractivity contribution in [2.45, 2.75) is 51.2 Å². The number of tetrazole rings is 1. The molecule has 2 bridgehead atoms. The van der Waals surface area contributed by atoms with Gasteiger partial charge in [-0.2, -0.15) is 13.2 Å². The Morgan fingerprint density at radius 3 is 2.32 bits per heavy atom. The van der Waals surface area contributed by atoms with Gasteiger partial charge >= 0.3 is 6.18 Å². The Morgan fingerprint density at radius 1 is 1.18 bits per heavy atom. The van der Waals surface area contributed by atoms with Gasteiger partial charge in [0.05, 0.1) is 12.0 Å². The molecule has 3 aliphatic carbocycles. The van der Waals surface area contributed by atoms with Gasteiger partial charge < -0.3 is 5.32 Å². The molecule has 0 aromatic carbocycles. The number of hydrogen-bond donors (Lipinski definition) is 1. The summed E-state index contributed by atoms with van der Waals surface area (Å²) in [4.78, 5) is 12.4. The van der Waals surface area contributed by atoms with Crippen LogP contribution in [0.2, 0.25) is 0 Å². The Kier molecular flexibility index (Phi) is 3.60. The highest BCUT2D eigenvalue weighted by molar-refractivity contribution is 5.83. The second-order valence-corrected chi connectivity index (χ2v) is 6.39. The molecular weight excluding hydrogens is 299 g/mol. The van der Waals surface area contributed by atoms with E-state index in [2.05, 4.69) is 20.8 Å². The third-order valence-corrected chi connectivity index (χ3v) is 5.35. The van der Waals surface area contributed by atoms with E-state index in [1.807, 2.05) is 0 Å². The number of carbonyl (C=O) groups is 1. The number of aromatic nitrogens is 4. The van der Waals surface area contributed by atoms with Gasteiger partial charge in [-0.1, -0.05) is 0 Å². The predicted octanol–water partition coefficient (Wildman–Crippen LogP) is 1.69. The number of hydrogen-bond acceptors (Lipinski definition) is 4. The summed E-state index contributed by atoms with van der Waals surface area (Å²) in [5.41, 5.74) is -2.17. The maximum atomic E-state index is 13.2. The third kappa shape index (κ3) is 2.46. The van der Waals surface area contributed by atoms with Gasteiger partial charge in [0.1, 0.15) is 6.33 Å². The van der Waals surface area contributed by atoms with E-state index in [-0.39, 0.29) is 25.2 Å². The Labute approximate surface area is 125 Å². The largest absolute Gasteiger partial charge is 0.394 e. The standard InChI is InChI=1S/C13H18F3N5O/c14-13(15,16)12-4-1-11(2-5-12,3-6-12)10(22)17-7-8-21-9-18-19-20-21/h9H,1-8H2,(H,17,22). The lowest BCUT2D eigenvalue weighted by Gasteiger charge is -2.52. The first-order chi connectivity index (χ1) is 10.4. The minimum absolute atomic E-state index is 0.0664. The average Bonchev–Trinajstić information content (AvgIpc) is 3.01. The van der Waals surface area contributed by atoms with E-state index in [0.717, 1.165) is 0 Å². The average molecular weight is 317 g/mol. The SMILES string of the molecule is O=C(NCCn1cnnn1)C12CCC(C(F)(F)F)(CC1)CC2. The summed E-state index contributed by atoms with van der Waals surface area (Å²) in [7, 11) is 0. The van der Waals surface area contributed by atoms with Gasteiger partial charge in [0.15, 0.2) is 0 Å². The van der Waals surface area contributed by atoms with Crippen molar-refractivity contribution >= 4 is 5.91 Å². The number of rotatable bonds is 4. The summed E-state index contributed by atoms with van der Waals surface area (Å²) in [6, 6.07) is 0. The Hall–Kier alpha value is -1.67. The first-order valence-corrected chi connectivity index (χ1v) is 7.43. The van der Waals surface area contributed by atoms with Crippen LogP contribution in [-0.4, -0.2) is 38.8 Å². The van der Waals surface area contributed by atoms with Crippen molar-refractivity contribution in [1.29, 1.82) is 0 Å². The van der Waals surface area contributed by atoms with Gasteiger partial charge in [0, 0.05) is 12.0 Å². The Bertz CT molecular complexity index is 518. The zero-order chi connectivity index (χ0) is 15.8. The number of halogens is 3. The van der Waals surface area contributed by atoms with Crippen LogP contribution in [0.3, 0.4) is 0 Å². The van der Waals surface area contributed by atoms with Crippen molar-refractivity contribution in [1.82, 2.24) is 25.5 Å². The fourth-order valence-electron chi connectivity index (χ4n) is 3.71. The van der Waals surface area contributed by atoms with Gasteiger partial charge in [0.25, 0.3) is 0 Å². The number of nitrogens with one attached hydrogen (secondary N) is 1. The van der Waals surface area contributed by atoms with Crippen molar-refractivity contribution in [3.63, 3.8) is 0 Å². The molecule has 3 fully saturated rings. The number of nitrogens with zero attached hydrogens (tertiary/aromatic N) is 4. The first-order valence-electron chi connectivity index (χ1n) is 7.43. The molecule has 122 valence electrons. The summed E-state index contributed by atoms with van der Waals surface area (Å²) in [5.74, 6) is -0.129. The van der Waals surface area contributed by atoms with Crippen molar-refractivity contribution in [2.24, 2.45) is 10.8 Å². The Balaban J connectivity index is 1.56. The lowest BCUT2D eigenvalue weighted by molar-refractivity contribution is -0.258. The molecular formula is C13H18F3N5O. The number of alkyl halides is 3. The maximum absolute atomic E-state index is 13.2. The van der Waals surface area contributed by atoms with Crippen molar-refractivity contribution < 1.29 is 18.0 Å². The lowest BCUT2D eigenvalue weighted by atomic mass is 9.53. The monoisotopic (exact) mass is 317 g/mol. The van der Waals surface area contributed by atoms with Crippen molar-refractivity contribution in [2.75, 3.05) is 6.54 Å². The molecule has 1 heterocycles. The molecule has 1 N–H and O–H groups in total. The summed E-state index contributed by atoms with van der Waals surface area (Å²) in [5, 5.41) is 13.5. The van der Waals surface area contributed by atoms with E-state index in [4.69, 9.17) is 0 Å². The highest BCUT2D eigenvalue weighted by atomic mass is 19.4. The molecule has 0 atom stereocenters. The molecule has 0 radical (unpaired) electrons. The van der Waals surface area contributed by atoms with Gasteiger partial charge in [0.2, 0.25) is 5.91 Å². The fraction of sp³-hybridized carbons (Fsp3) is 0.846. The Morgan fingerprint density at radius 2 is 1.82 bits per heavy atom. The molecule has 3 saturated carbocycles. The molecule has 9 heteroatoms. The van der Waals surface area contributed by atoms with E-state index in [1.165, 1.54) is 11.0 Å². The van der Waals surface area contributed by atoms with Crippen LogP contribution in [0.5, 0.6) is 0 Å². The van der Waals surface area contributed by atoms with Crippen LogP contribution in [0, 0.1) is 10.8 Å². The molecule has 0 saturated heterocycles. The number of amides is 1. The smallest absolute Gasteiger partial charge is 0.354 e. The van der Waals surface area contributed by atoms with E-state index in [1.54, 1.807) is 0 Å². The second-order valence-electron chi connectivity index (χ2n) is 6.39. The van der Waals surface area contributed by atoms with Crippen molar-refractivity contribution in [3.8, 4) is 0 Å². The molecule has 0 aliphatic heterocycles. The zero-order valence-corrected chi connectivity index (χ0v) is 12.1. The first kappa shape index (κ1) is 15.2. The van der Waals surface area contributed by atoms with E-state index in [9.17, 15) is 18.0 Å². The van der Waals surface area contributed by atoms with Crippen LogP contribution in [0.4, 0.5) is 13.2 Å². The molecule has 1 aromatic heterocycles. The minimum Gasteiger partial charge on any atom is -0.354 e. The topological polar surface area (TPSA) is 72.7 Å². The molecule has 22 heavy (non-hydrogen) atoms. The van der Waals surface area contributed by atoms with Gasteiger partial charge in [-0.3, -0.25) is 4.79 Å². The lowest BCUT2D eigenvalue weighted by Crippen LogP contribution is -2.54. The van der Waals surface area contributed by atoms with Crippen molar-refractivity contribution in [3.05, 3.63) is 6.33 Å². The van der Waals surface area contributed by atoms with Crippen LogP contribution >= 0.6 is 0 Å². The molecule has 6 nitrogen and oxygen atoms in total. The van der Waals surface area contributed by atoms with Crippen LogP contribution < -0.4 is 5.32 Å². The van der Waals surface area contributed by atoms with Crippen LogP contribution in [0.1, 0.15) is 38.5 Å². The number of fused-ring (bicyclic) bond motifs is 3. The van der Waals surface area contributed by atoms with Crippen LogP contribution in [0.25, 0.3) is 0 Å². The fourth-order valence-corrected chi connectivity index (χ4v) is 3.71. The highest BCUT2D eigenvalue weighted by Crippen LogP contribution is 2.62. The zero-order valence-electron chi connectivity index (χ0n) is 12.1. The molecule has 4 rings (SSSR count). The van der Waals surface area contributed by atoms with Gasteiger partial charge in [-0.05, 0) is 49.0 Å². The second kappa shape index (κ2) is 5.20. The summed E-state index contributed by atoms with van der Waals surface area (Å²) in [6.45, 7) is 0.817. The van der Waals surface area contributed by atoms with Crippen LogP contribution in [-0.2, 0) is 11.3 Å². The normalized spacial score (nSPS) is 31.2. The minimum atomic E-state index is -4.16. The summed E-state index contributed by atoms with van der Waals surface area (Å²) < 4.78 is 41.0. The van der Waals surface area contributed by atoms with Gasteiger partial charge in [-0.15, -0.1) is 5.10 Å². The molecule has 0 unspecified atom stereocenters. The number of carbonyl (C=O) groups excluding carboxylic acids is 1. The van der Waals surface area contributed by atoms with Crippen LogP contribution in [0.15, 0.2) is 6.33 Å². The maximum Gasteiger partial charge on any atom is 0.394 e. The summed E-state index contributed by atoms with van der Waals surface area (Å²) in [6.07, 6.45) is -1.54. The van der Waals surface area contributed by atoms with Gasteiger partial charge in [-0.25, -0.2) is 4.68 Å². The molecule has 1 aromatic rings. The quantitative estimate of drug-likeness (QED) is 0.917. The molecule has 1 amide bonds.